The van der Waals surface area contributed by atoms with E-state index in [1.165, 1.54) is 0 Å². The van der Waals surface area contributed by atoms with Gasteiger partial charge >= 0.3 is 0 Å². The Morgan fingerprint density at radius 3 is 2.12 bits per heavy atom. The van der Waals surface area contributed by atoms with Crippen molar-refractivity contribution in [3.8, 4) is 0 Å². The topological polar surface area (TPSA) is 83.6 Å². The molecule has 0 saturated heterocycles. The van der Waals surface area contributed by atoms with Gasteiger partial charge in [0.25, 0.3) is 0 Å². The minimum absolute atomic E-state index is 0.209. The number of hydrogen-bond acceptors (Lipinski definition) is 3. The van der Waals surface area contributed by atoms with E-state index in [0.717, 1.165) is 12.1 Å². The standard InChI is InChI=1S/C9H8ClF2NO3/c10-3-1-4(11)6(5(12)2-3)7(14)8(15)9(13)16/h1-2,7-8,14-15H,(H2,13,16). The van der Waals surface area contributed by atoms with Crippen molar-refractivity contribution in [2.75, 3.05) is 0 Å². The van der Waals surface area contributed by atoms with Crippen LogP contribution in [0.2, 0.25) is 5.02 Å². The molecule has 4 nitrogen and oxygen atoms in total. The van der Waals surface area contributed by atoms with Crippen LogP contribution in [0, 0.1) is 11.6 Å². The highest BCUT2D eigenvalue weighted by Crippen LogP contribution is 2.26. The third-order valence-corrected chi connectivity index (χ3v) is 2.15. The largest absolute Gasteiger partial charge is 0.385 e. The second-order valence-electron chi connectivity index (χ2n) is 3.08. The molecule has 0 aliphatic heterocycles. The van der Waals surface area contributed by atoms with Gasteiger partial charge in [-0.15, -0.1) is 0 Å². The number of halogens is 3. The van der Waals surface area contributed by atoms with E-state index in [-0.39, 0.29) is 5.02 Å². The first-order valence-electron chi connectivity index (χ1n) is 4.14. The summed E-state index contributed by atoms with van der Waals surface area (Å²) in [4.78, 5) is 10.5. The zero-order chi connectivity index (χ0) is 12.5. The molecule has 0 aromatic heterocycles. The third-order valence-electron chi connectivity index (χ3n) is 1.93. The van der Waals surface area contributed by atoms with Gasteiger partial charge in [0.1, 0.15) is 17.7 Å². The van der Waals surface area contributed by atoms with Crippen LogP contribution < -0.4 is 5.73 Å². The monoisotopic (exact) mass is 251 g/mol. The van der Waals surface area contributed by atoms with Crippen LogP contribution in [0.5, 0.6) is 0 Å². The number of carbonyl (C=O) groups excluding carboxylic acids is 1. The van der Waals surface area contributed by atoms with Crippen LogP contribution in [-0.2, 0) is 4.79 Å². The van der Waals surface area contributed by atoms with E-state index in [1.54, 1.807) is 0 Å². The third kappa shape index (κ3) is 2.46. The van der Waals surface area contributed by atoms with Gasteiger partial charge in [0.05, 0.1) is 5.56 Å². The van der Waals surface area contributed by atoms with Crippen molar-refractivity contribution in [3.05, 3.63) is 34.4 Å². The lowest BCUT2D eigenvalue weighted by Crippen LogP contribution is -2.34. The number of benzene rings is 1. The first-order chi connectivity index (χ1) is 7.34. The normalized spacial score (nSPS) is 14.6. The van der Waals surface area contributed by atoms with Gasteiger partial charge in [0, 0.05) is 5.02 Å². The Morgan fingerprint density at radius 1 is 1.31 bits per heavy atom. The van der Waals surface area contributed by atoms with E-state index in [2.05, 4.69) is 5.73 Å². The lowest BCUT2D eigenvalue weighted by Gasteiger charge is -2.16. The second-order valence-corrected chi connectivity index (χ2v) is 3.51. The Hall–Kier alpha value is -1.24. The number of aliphatic hydroxyl groups is 2. The van der Waals surface area contributed by atoms with Crippen molar-refractivity contribution < 1.29 is 23.8 Å². The number of primary amides is 1. The summed E-state index contributed by atoms with van der Waals surface area (Å²) < 4.78 is 26.5. The summed E-state index contributed by atoms with van der Waals surface area (Å²) in [6.45, 7) is 0. The van der Waals surface area contributed by atoms with Gasteiger partial charge in [-0.2, -0.15) is 0 Å². The molecule has 0 radical (unpaired) electrons. The minimum atomic E-state index is -2.09. The van der Waals surface area contributed by atoms with E-state index in [9.17, 15) is 18.7 Å². The molecular weight excluding hydrogens is 244 g/mol. The molecule has 0 heterocycles. The molecule has 0 fully saturated rings. The van der Waals surface area contributed by atoms with Crippen LogP contribution in [0.3, 0.4) is 0 Å². The zero-order valence-corrected chi connectivity index (χ0v) is 8.58. The van der Waals surface area contributed by atoms with Crippen molar-refractivity contribution in [2.24, 2.45) is 5.73 Å². The maximum Gasteiger partial charge on any atom is 0.249 e. The molecule has 0 aliphatic carbocycles. The molecule has 1 amide bonds. The Kier molecular flexibility index (Phi) is 3.79. The number of carbonyl (C=O) groups is 1. The smallest absolute Gasteiger partial charge is 0.249 e. The fourth-order valence-electron chi connectivity index (χ4n) is 1.15. The molecule has 1 rings (SSSR count). The SMILES string of the molecule is NC(=O)C(O)C(O)c1c(F)cc(Cl)cc1F. The molecule has 4 N–H and O–H groups in total. The van der Waals surface area contributed by atoms with Gasteiger partial charge in [0.2, 0.25) is 5.91 Å². The Labute approximate surface area is 94.3 Å². The van der Waals surface area contributed by atoms with Crippen molar-refractivity contribution in [2.45, 2.75) is 12.2 Å². The summed E-state index contributed by atoms with van der Waals surface area (Å²) in [6, 6.07) is 1.49. The van der Waals surface area contributed by atoms with Crippen LogP contribution in [-0.4, -0.2) is 22.2 Å². The Morgan fingerprint density at radius 2 is 1.75 bits per heavy atom. The summed E-state index contributed by atoms with van der Waals surface area (Å²) in [5, 5.41) is 18.2. The number of rotatable bonds is 3. The maximum absolute atomic E-state index is 13.2. The van der Waals surface area contributed by atoms with Gasteiger partial charge in [-0.25, -0.2) is 8.78 Å². The molecule has 0 saturated carbocycles. The van der Waals surface area contributed by atoms with Crippen LogP contribution in [0.25, 0.3) is 0 Å². The quantitative estimate of drug-likeness (QED) is 0.731. The number of amides is 1. The van der Waals surface area contributed by atoms with Gasteiger partial charge < -0.3 is 15.9 Å². The van der Waals surface area contributed by atoms with Crippen molar-refractivity contribution >= 4 is 17.5 Å². The van der Waals surface area contributed by atoms with Crippen molar-refractivity contribution in [1.82, 2.24) is 0 Å². The molecule has 0 bridgehead atoms. The summed E-state index contributed by atoms with van der Waals surface area (Å²) in [5.41, 5.74) is 3.83. The predicted octanol–water partition coefficient (Wildman–Crippen LogP) is 0.498. The van der Waals surface area contributed by atoms with E-state index in [4.69, 9.17) is 16.7 Å². The molecular formula is C9H8ClF2NO3. The maximum atomic E-state index is 13.2. The van der Waals surface area contributed by atoms with Gasteiger partial charge in [-0.3, -0.25) is 4.79 Å². The van der Waals surface area contributed by atoms with E-state index < -0.39 is 35.3 Å². The lowest BCUT2D eigenvalue weighted by atomic mass is 10.0. The van der Waals surface area contributed by atoms with Gasteiger partial charge in [0.15, 0.2) is 6.10 Å². The highest BCUT2D eigenvalue weighted by atomic mass is 35.5. The summed E-state index contributed by atoms with van der Waals surface area (Å²) >= 11 is 5.35. The molecule has 1 aromatic rings. The molecule has 1 aromatic carbocycles. The molecule has 0 aliphatic rings. The highest BCUT2D eigenvalue weighted by molar-refractivity contribution is 6.30. The predicted molar refractivity (Wildman–Crippen MR) is 51.5 cm³/mol. The summed E-state index contributed by atoms with van der Waals surface area (Å²) in [7, 11) is 0. The number of hydrogen-bond donors (Lipinski definition) is 3. The Balaban J connectivity index is 3.18. The van der Waals surface area contributed by atoms with Crippen LogP contribution >= 0.6 is 11.6 Å². The fraction of sp³-hybridized carbons (Fsp3) is 0.222. The van der Waals surface area contributed by atoms with E-state index >= 15 is 0 Å². The van der Waals surface area contributed by atoms with Crippen LogP contribution in [0.1, 0.15) is 11.7 Å². The average molecular weight is 252 g/mol. The van der Waals surface area contributed by atoms with Gasteiger partial charge in [-0.05, 0) is 12.1 Å². The van der Waals surface area contributed by atoms with E-state index in [1.807, 2.05) is 0 Å². The van der Waals surface area contributed by atoms with E-state index in [0.29, 0.717) is 0 Å². The van der Waals surface area contributed by atoms with Gasteiger partial charge in [-0.1, -0.05) is 11.6 Å². The zero-order valence-electron chi connectivity index (χ0n) is 7.82. The molecule has 16 heavy (non-hydrogen) atoms. The fourth-order valence-corrected chi connectivity index (χ4v) is 1.34. The number of nitrogens with two attached hydrogens (primary N) is 1. The first-order valence-corrected chi connectivity index (χ1v) is 4.52. The van der Waals surface area contributed by atoms with Crippen LogP contribution in [0.4, 0.5) is 8.78 Å². The van der Waals surface area contributed by atoms with Crippen LogP contribution in [0.15, 0.2) is 12.1 Å². The Bertz CT molecular complexity index is 404. The second kappa shape index (κ2) is 4.73. The number of aliphatic hydroxyl groups excluding tert-OH is 2. The highest BCUT2D eigenvalue weighted by Gasteiger charge is 2.29. The molecule has 2 unspecified atom stereocenters. The average Bonchev–Trinajstić information content (AvgIpc) is 2.14. The van der Waals surface area contributed by atoms with Crippen molar-refractivity contribution in [3.63, 3.8) is 0 Å². The summed E-state index contributed by atoms with van der Waals surface area (Å²) in [6.07, 6.45) is -4.17. The first kappa shape index (κ1) is 12.8. The summed E-state index contributed by atoms with van der Waals surface area (Å²) in [5.74, 6) is -3.63. The lowest BCUT2D eigenvalue weighted by molar-refractivity contribution is -0.132. The van der Waals surface area contributed by atoms with Crippen molar-refractivity contribution in [1.29, 1.82) is 0 Å². The molecule has 88 valence electrons. The molecule has 2 atom stereocenters. The molecule has 0 spiro atoms. The minimum Gasteiger partial charge on any atom is -0.385 e. The molecule has 7 heteroatoms.